The largest absolute Gasteiger partial charge is 0.449 e. The van der Waals surface area contributed by atoms with E-state index in [4.69, 9.17) is 14.2 Å². The molecule has 0 spiro atoms. The zero-order valence-corrected chi connectivity index (χ0v) is 15.4. The third kappa shape index (κ3) is 1.82. The molecular formula is C23H16O6. The molecule has 0 radical (unpaired) electrons. The van der Waals surface area contributed by atoms with E-state index in [2.05, 4.69) is 0 Å². The third-order valence-corrected chi connectivity index (χ3v) is 6.31. The lowest BCUT2D eigenvalue weighted by Gasteiger charge is -2.39. The summed E-state index contributed by atoms with van der Waals surface area (Å²) in [6, 6.07) is 17.8. The molecule has 3 heterocycles. The number of esters is 1. The van der Waals surface area contributed by atoms with Crippen LogP contribution in [0.4, 0.5) is 0 Å². The van der Waals surface area contributed by atoms with Gasteiger partial charge in [-0.25, -0.2) is 4.79 Å². The number of Topliss-reactive ketones (excluding diaryl/α,β-unsaturated/α-hetero) is 1. The van der Waals surface area contributed by atoms with Crippen LogP contribution in [0, 0.1) is 0 Å². The summed E-state index contributed by atoms with van der Waals surface area (Å²) < 4.78 is 17.5. The highest BCUT2D eigenvalue weighted by atomic mass is 16.7. The molecule has 0 aliphatic carbocycles. The number of fused-ring (bicyclic) bond motifs is 10. The normalized spacial score (nSPS) is 31.8. The molecule has 4 atom stereocenters. The number of hydrogen-bond donors (Lipinski definition) is 1. The topological polar surface area (TPSA) is 82.1 Å². The Morgan fingerprint density at radius 3 is 2.38 bits per heavy atom. The summed E-state index contributed by atoms with van der Waals surface area (Å²) in [5, 5.41) is 13.6. The fourth-order valence-electron chi connectivity index (χ4n) is 4.98. The predicted molar refractivity (Wildman–Crippen MR) is 101 cm³/mol. The summed E-state index contributed by atoms with van der Waals surface area (Å²) >= 11 is 0. The Kier molecular flexibility index (Phi) is 3.08. The van der Waals surface area contributed by atoms with Gasteiger partial charge in [0, 0.05) is 23.8 Å². The Morgan fingerprint density at radius 2 is 1.62 bits per heavy atom. The highest BCUT2D eigenvalue weighted by Gasteiger charge is 2.74. The Hall–Kier alpha value is -3.06. The number of rotatable bonds is 1. The summed E-state index contributed by atoms with van der Waals surface area (Å²) in [6.45, 7) is 0. The second kappa shape index (κ2) is 5.30. The van der Waals surface area contributed by atoms with Crippen molar-refractivity contribution in [3.8, 4) is 0 Å². The van der Waals surface area contributed by atoms with Crippen molar-refractivity contribution in [2.45, 2.75) is 23.6 Å². The quantitative estimate of drug-likeness (QED) is 0.646. The molecule has 1 fully saturated rings. The number of aliphatic hydroxyl groups is 1. The van der Waals surface area contributed by atoms with E-state index in [-0.39, 0.29) is 11.3 Å². The van der Waals surface area contributed by atoms with E-state index in [0.29, 0.717) is 16.7 Å². The van der Waals surface area contributed by atoms with Crippen LogP contribution in [0.5, 0.6) is 0 Å². The number of ether oxygens (including phenoxy) is 3. The van der Waals surface area contributed by atoms with Crippen LogP contribution < -0.4 is 0 Å². The number of ketones is 1. The zero-order valence-electron chi connectivity index (χ0n) is 15.4. The van der Waals surface area contributed by atoms with Gasteiger partial charge in [-0.15, -0.1) is 0 Å². The molecule has 29 heavy (non-hydrogen) atoms. The maximum atomic E-state index is 13.3. The van der Waals surface area contributed by atoms with Gasteiger partial charge in [0.05, 0.1) is 5.56 Å². The number of methoxy groups -OCH3 is 1. The van der Waals surface area contributed by atoms with Gasteiger partial charge in [0.25, 0.3) is 0 Å². The number of benzene rings is 3. The van der Waals surface area contributed by atoms with Gasteiger partial charge >= 0.3 is 5.97 Å². The van der Waals surface area contributed by atoms with E-state index in [1.54, 1.807) is 36.4 Å². The van der Waals surface area contributed by atoms with Crippen molar-refractivity contribution in [2.75, 3.05) is 7.11 Å². The minimum atomic E-state index is -1.88. The van der Waals surface area contributed by atoms with Crippen LogP contribution in [0.2, 0.25) is 0 Å². The van der Waals surface area contributed by atoms with Gasteiger partial charge in [-0.3, -0.25) is 4.79 Å². The van der Waals surface area contributed by atoms with Crippen molar-refractivity contribution in [1.29, 1.82) is 0 Å². The van der Waals surface area contributed by atoms with Crippen LogP contribution in [0.15, 0.2) is 60.7 Å². The molecule has 3 aliphatic rings. The molecule has 0 aromatic heterocycles. The zero-order chi connectivity index (χ0) is 20.0. The average molecular weight is 388 g/mol. The van der Waals surface area contributed by atoms with Crippen LogP contribution in [-0.2, 0) is 25.6 Å². The van der Waals surface area contributed by atoms with E-state index in [9.17, 15) is 14.7 Å². The van der Waals surface area contributed by atoms with E-state index in [1.807, 2.05) is 24.3 Å². The summed E-state index contributed by atoms with van der Waals surface area (Å²) in [6.07, 6.45) is -2.48. The molecule has 0 amide bonds. The molecule has 3 aliphatic heterocycles. The first kappa shape index (κ1) is 16.9. The van der Waals surface area contributed by atoms with Gasteiger partial charge in [-0.1, -0.05) is 48.5 Å². The molecule has 6 rings (SSSR count). The summed E-state index contributed by atoms with van der Waals surface area (Å²) in [5.74, 6) is -2.52. The summed E-state index contributed by atoms with van der Waals surface area (Å²) in [5.41, 5.74) is -0.489. The van der Waals surface area contributed by atoms with E-state index in [1.165, 1.54) is 7.11 Å². The molecule has 3 aromatic rings. The molecule has 1 N–H and O–H groups in total. The average Bonchev–Trinajstić information content (AvgIpc) is 2.99. The van der Waals surface area contributed by atoms with Crippen LogP contribution in [0.3, 0.4) is 0 Å². The molecule has 2 bridgehead atoms. The van der Waals surface area contributed by atoms with Crippen molar-refractivity contribution in [3.63, 3.8) is 0 Å². The maximum Gasteiger partial charge on any atom is 0.339 e. The second-order valence-corrected chi connectivity index (χ2v) is 7.63. The first-order valence-corrected chi connectivity index (χ1v) is 9.34. The number of carbonyl (C=O) groups excluding carboxylic acids is 2. The Morgan fingerprint density at radius 1 is 0.931 bits per heavy atom. The van der Waals surface area contributed by atoms with Crippen molar-refractivity contribution in [1.82, 2.24) is 0 Å². The fourth-order valence-corrected chi connectivity index (χ4v) is 4.98. The van der Waals surface area contributed by atoms with Gasteiger partial charge in [-0.05, 0) is 22.9 Å². The molecule has 6 heteroatoms. The minimum Gasteiger partial charge on any atom is -0.449 e. The van der Waals surface area contributed by atoms with Gasteiger partial charge in [0.15, 0.2) is 23.6 Å². The smallest absolute Gasteiger partial charge is 0.339 e. The van der Waals surface area contributed by atoms with Crippen molar-refractivity contribution >= 4 is 22.5 Å². The first-order chi connectivity index (χ1) is 14.0. The lowest BCUT2D eigenvalue weighted by atomic mass is 9.77. The van der Waals surface area contributed by atoms with Crippen molar-refractivity contribution < 1.29 is 28.9 Å². The molecule has 144 valence electrons. The highest BCUT2D eigenvalue weighted by Crippen LogP contribution is 2.58. The number of hydrogen-bond acceptors (Lipinski definition) is 6. The van der Waals surface area contributed by atoms with Crippen LogP contribution in [-0.4, -0.2) is 36.2 Å². The molecule has 1 saturated heterocycles. The summed E-state index contributed by atoms with van der Waals surface area (Å²) in [4.78, 5) is 26.2. The first-order valence-electron chi connectivity index (χ1n) is 9.34. The fraction of sp³-hybridized carbons (Fsp3) is 0.217. The highest BCUT2D eigenvalue weighted by molar-refractivity contribution is 6.06. The SMILES string of the molecule is CO[C@]12O[C@H](C(=O)c3ccccc31)[C@]1(O)c3cc4ccccc4cc3C(=O)O[C@H]21. The standard InChI is InChI=1S/C23H16O6/c1-27-23-16-9-5-4-8-14(16)18(24)19(29-23)22(26)17-11-13-7-3-2-6-12(13)10-15(17)20(25)28-21(22)23/h2-11,19,21,26H,1H3/t19-,21+,22-,23+/m1/s1. The van der Waals surface area contributed by atoms with Crippen molar-refractivity contribution in [2.24, 2.45) is 0 Å². The summed E-state index contributed by atoms with van der Waals surface area (Å²) in [7, 11) is 1.42. The van der Waals surface area contributed by atoms with Crippen molar-refractivity contribution in [3.05, 3.63) is 82.9 Å². The maximum absolute atomic E-state index is 13.3. The van der Waals surface area contributed by atoms with Gasteiger partial charge in [-0.2, -0.15) is 0 Å². The van der Waals surface area contributed by atoms with E-state index >= 15 is 0 Å². The van der Waals surface area contributed by atoms with Crippen LogP contribution >= 0.6 is 0 Å². The molecular weight excluding hydrogens is 372 g/mol. The Balaban J connectivity index is 1.68. The Labute approximate surface area is 165 Å². The molecule has 0 saturated carbocycles. The second-order valence-electron chi connectivity index (χ2n) is 7.63. The monoisotopic (exact) mass is 388 g/mol. The van der Waals surface area contributed by atoms with Gasteiger partial charge in [0.2, 0.25) is 5.79 Å². The minimum absolute atomic E-state index is 0.224. The lowest BCUT2D eigenvalue weighted by molar-refractivity contribution is -0.254. The Bertz CT molecular complexity index is 1230. The van der Waals surface area contributed by atoms with Gasteiger partial charge < -0.3 is 19.3 Å². The molecule has 0 unspecified atom stereocenters. The predicted octanol–water partition coefficient (Wildman–Crippen LogP) is 2.66. The van der Waals surface area contributed by atoms with Crippen LogP contribution in [0.1, 0.15) is 31.8 Å². The van der Waals surface area contributed by atoms with Crippen LogP contribution in [0.25, 0.3) is 10.8 Å². The van der Waals surface area contributed by atoms with E-state index in [0.717, 1.165) is 10.8 Å². The molecule has 6 nitrogen and oxygen atoms in total. The van der Waals surface area contributed by atoms with E-state index < -0.39 is 29.6 Å². The number of carbonyl (C=O) groups is 2. The lowest BCUT2D eigenvalue weighted by Crippen LogP contribution is -2.54. The third-order valence-electron chi connectivity index (χ3n) is 6.31. The van der Waals surface area contributed by atoms with Gasteiger partial charge in [0.1, 0.15) is 0 Å². The molecule has 3 aromatic carbocycles.